The fourth-order valence-electron chi connectivity index (χ4n) is 1.99. The van der Waals surface area contributed by atoms with Crippen molar-refractivity contribution in [3.8, 4) is 5.75 Å². The van der Waals surface area contributed by atoms with Crippen LogP contribution in [0.15, 0.2) is 35.7 Å². The molecule has 0 aliphatic rings. The number of benzene rings is 1. The molecule has 0 bridgehead atoms. The van der Waals surface area contributed by atoms with Gasteiger partial charge in [0.1, 0.15) is 5.75 Å². The molecule has 0 fully saturated rings. The molecule has 2 rings (SSSR count). The number of aryl methyl sites for hydroxylation is 1. The number of carbonyl (C=O) groups is 1. The maximum Gasteiger partial charge on any atom is 0.258 e. The molecule has 0 spiro atoms. The number of aliphatic hydroxyl groups is 1. The first-order chi connectivity index (χ1) is 10.6. The third-order valence-electron chi connectivity index (χ3n) is 3.44. The molecule has 1 aromatic carbocycles. The summed E-state index contributed by atoms with van der Waals surface area (Å²) < 4.78 is 5.45. The van der Waals surface area contributed by atoms with Gasteiger partial charge in [-0.2, -0.15) is 0 Å². The van der Waals surface area contributed by atoms with Gasteiger partial charge in [-0.25, -0.2) is 0 Å². The molecule has 0 radical (unpaired) electrons. The first-order valence-electron chi connectivity index (χ1n) is 7.30. The van der Waals surface area contributed by atoms with E-state index in [0.717, 1.165) is 10.4 Å². The second-order valence-corrected chi connectivity index (χ2v) is 6.09. The summed E-state index contributed by atoms with van der Waals surface area (Å²) in [5.41, 5.74) is 2.05. The maximum atomic E-state index is 11.8. The van der Waals surface area contributed by atoms with Gasteiger partial charge in [-0.05, 0) is 48.1 Å². The molecule has 0 saturated carbocycles. The molecule has 2 aromatic rings. The number of carbonyl (C=O) groups excluding carboxylic acids is 1. The van der Waals surface area contributed by atoms with E-state index in [9.17, 15) is 9.90 Å². The number of thiophene rings is 1. The highest BCUT2D eigenvalue weighted by Crippen LogP contribution is 2.19. The summed E-state index contributed by atoms with van der Waals surface area (Å²) in [6, 6.07) is 9.21. The lowest BCUT2D eigenvalue weighted by Gasteiger charge is -2.10. The molecule has 2 N–H and O–H groups in total. The zero-order chi connectivity index (χ0) is 15.9. The topological polar surface area (TPSA) is 58.6 Å². The highest BCUT2D eigenvalue weighted by Gasteiger charge is 2.07. The summed E-state index contributed by atoms with van der Waals surface area (Å²) in [6.45, 7) is 4.48. The summed E-state index contributed by atoms with van der Waals surface area (Å²) >= 11 is 1.63. The van der Waals surface area contributed by atoms with Crippen molar-refractivity contribution in [2.75, 3.05) is 6.61 Å². The summed E-state index contributed by atoms with van der Waals surface area (Å²) in [7, 11) is 0. The molecule has 1 aromatic heterocycles. The lowest BCUT2D eigenvalue weighted by molar-refractivity contribution is -0.123. The van der Waals surface area contributed by atoms with Crippen LogP contribution < -0.4 is 10.1 Å². The largest absolute Gasteiger partial charge is 0.484 e. The SMILES string of the molecule is CC[C@@H](O)c1ccc(OCC(=O)NCc2sccc2C)cc1. The van der Waals surface area contributed by atoms with Gasteiger partial charge in [-0.1, -0.05) is 19.1 Å². The van der Waals surface area contributed by atoms with Crippen molar-refractivity contribution < 1.29 is 14.6 Å². The van der Waals surface area contributed by atoms with Crippen LogP contribution in [0, 0.1) is 6.92 Å². The average molecular weight is 319 g/mol. The molecule has 5 heteroatoms. The number of amides is 1. The van der Waals surface area contributed by atoms with Crippen LogP contribution in [0.5, 0.6) is 5.75 Å². The minimum Gasteiger partial charge on any atom is -0.484 e. The fourth-order valence-corrected chi connectivity index (χ4v) is 2.83. The van der Waals surface area contributed by atoms with Gasteiger partial charge in [0.15, 0.2) is 6.61 Å². The Morgan fingerprint density at radius 3 is 2.64 bits per heavy atom. The Hall–Kier alpha value is -1.85. The van der Waals surface area contributed by atoms with E-state index in [2.05, 4.69) is 5.32 Å². The van der Waals surface area contributed by atoms with E-state index < -0.39 is 6.10 Å². The highest BCUT2D eigenvalue weighted by atomic mass is 32.1. The standard InChI is InChI=1S/C17H21NO3S/c1-3-15(19)13-4-6-14(7-5-13)21-11-17(20)18-10-16-12(2)8-9-22-16/h4-9,15,19H,3,10-11H2,1-2H3,(H,18,20)/t15-/m1/s1. The lowest BCUT2D eigenvalue weighted by atomic mass is 10.1. The molecule has 22 heavy (non-hydrogen) atoms. The minimum atomic E-state index is -0.452. The van der Waals surface area contributed by atoms with E-state index in [1.807, 2.05) is 37.4 Å². The third-order valence-corrected chi connectivity index (χ3v) is 4.46. The Kier molecular flexibility index (Phi) is 5.98. The quantitative estimate of drug-likeness (QED) is 0.824. The van der Waals surface area contributed by atoms with Crippen molar-refractivity contribution in [1.82, 2.24) is 5.32 Å². The van der Waals surface area contributed by atoms with Crippen molar-refractivity contribution in [1.29, 1.82) is 0 Å². The van der Waals surface area contributed by atoms with E-state index in [1.165, 1.54) is 5.56 Å². The molecule has 118 valence electrons. The van der Waals surface area contributed by atoms with Crippen LogP contribution in [0.4, 0.5) is 0 Å². The molecule has 0 unspecified atom stereocenters. The van der Waals surface area contributed by atoms with E-state index in [-0.39, 0.29) is 12.5 Å². The van der Waals surface area contributed by atoms with Gasteiger partial charge in [0.2, 0.25) is 0 Å². The van der Waals surface area contributed by atoms with E-state index >= 15 is 0 Å². The molecular weight excluding hydrogens is 298 g/mol. The van der Waals surface area contributed by atoms with Crippen LogP contribution >= 0.6 is 11.3 Å². The molecule has 4 nitrogen and oxygen atoms in total. The second-order valence-electron chi connectivity index (χ2n) is 5.09. The zero-order valence-corrected chi connectivity index (χ0v) is 13.7. The number of hydrogen-bond acceptors (Lipinski definition) is 4. The van der Waals surface area contributed by atoms with Crippen molar-refractivity contribution in [2.45, 2.75) is 32.9 Å². The Bertz CT molecular complexity index is 607. The first kappa shape index (κ1) is 16.5. The molecule has 1 atom stereocenters. The number of rotatable bonds is 7. The van der Waals surface area contributed by atoms with Crippen LogP contribution in [-0.4, -0.2) is 17.6 Å². The van der Waals surface area contributed by atoms with Crippen LogP contribution in [0.2, 0.25) is 0 Å². The summed E-state index contributed by atoms with van der Waals surface area (Å²) in [5.74, 6) is 0.472. The van der Waals surface area contributed by atoms with Gasteiger partial charge in [0.25, 0.3) is 5.91 Å². The van der Waals surface area contributed by atoms with Crippen LogP contribution in [-0.2, 0) is 11.3 Å². The predicted octanol–water partition coefficient (Wildman–Crippen LogP) is 3.20. The van der Waals surface area contributed by atoms with Gasteiger partial charge in [-0.15, -0.1) is 11.3 Å². The Balaban J connectivity index is 1.77. The smallest absolute Gasteiger partial charge is 0.258 e. The fraction of sp³-hybridized carbons (Fsp3) is 0.353. The van der Waals surface area contributed by atoms with Gasteiger partial charge < -0.3 is 15.2 Å². The van der Waals surface area contributed by atoms with Gasteiger partial charge in [0, 0.05) is 4.88 Å². The van der Waals surface area contributed by atoms with Crippen molar-refractivity contribution in [3.63, 3.8) is 0 Å². The number of nitrogens with one attached hydrogen (secondary N) is 1. The molecule has 0 aliphatic carbocycles. The zero-order valence-electron chi connectivity index (χ0n) is 12.8. The Morgan fingerprint density at radius 1 is 1.32 bits per heavy atom. The van der Waals surface area contributed by atoms with E-state index in [4.69, 9.17) is 4.74 Å². The monoisotopic (exact) mass is 319 g/mol. The number of aliphatic hydroxyl groups excluding tert-OH is 1. The number of hydrogen-bond donors (Lipinski definition) is 2. The van der Waals surface area contributed by atoms with Gasteiger partial charge >= 0.3 is 0 Å². The van der Waals surface area contributed by atoms with Crippen LogP contribution in [0.3, 0.4) is 0 Å². The molecule has 0 aliphatic heterocycles. The van der Waals surface area contributed by atoms with Crippen molar-refractivity contribution in [2.24, 2.45) is 0 Å². The maximum absolute atomic E-state index is 11.8. The molecule has 0 saturated heterocycles. The second kappa shape index (κ2) is 7.96. The highest BCUT2D eigenvalue weighted by molar-refractivity contribution is 7.10. The van der Waals surface area contributed by atoms with Crippen molar-refractivity contribution in [3.05, 3.63) is 51.7 Å². The first-order valence-corrected chi connectivity index (χ1v) is 8.18. The van der Waals surface area contributed by atoms with E-state index in [1.54, 1.807) is 23.5 Å². The molecule has 1 amide bonds. The summed E-state index contributed by atoms with van der Waals surface area (Å²) in [4.78, 5) is 12.9. The minimum absolute atomic E-state index is 0.0138. The lowest BCUT2D eigenvalue weighted by Crippen LogP contribution is -2.28. The van der Waals surface area contributed by atoms with Crippen LogP contribution in [0.1, 0.15) is 35.5 Å². The Labute approximate surface area is 134 Å². The summed E-state index contributed by atoms with van der Waals surface area (Å²) in [5, 5.41) is 14.6. The molecule has 1 heterocycles. The predicted molar refractivity (Wildman–Crippen MR) is 88.1 cm³/mol. The molecular formula is C17H21NO3S. The normalized spacial score (nSPS) is 12.0. The van der Waals surface area contributed by atoms with Crippen LogP contribution in [0.25, 0.3) is 0 Å². The number of ether oxygens (including phenoxy) is 1. The van der Waals surface area contributed by atoms with Crippen molar-refractivity contribution >= 4 is 17.2 Å². The van der Waals surface area contributed by atoms with E-state index in [0.29, 0.717) is 18.7 Å². The van der Waals surface area contributed by atoms with Gasteiger partial charge in [-0.3, -0.25) is 4.79 Å². The third kappa shape index (κ3) is 4.58. The van der Waals surface area contributed by atoms with Gasteiger partial charge in [0.05, 0.1) is 12.6 Å². The average Bonchev–Trinajstić information content (AvgIpc) is 2.95. The Morgan fingerprint density at radius 2 is 2.05 bits per heavy atom. The summed E-state index contributed by atoms with van der Waals surface area (Å²) in [6.07, 6.45) is 0.219.